The van der Waals surface area contributed by atoms with Gasteiger partial charge in [-0.1, -0.05) is 146 Å². The van der Waals surface area contributed by atoms with Crippen molar-refractivity contribution >= 4 is 21.5 Å². The summed E-state index contributed by atoms with van der Waals surface area (Å²) < 4.78 is 0. The fourth-order valence-electron chi connectivity index (χ4n) is 5.69. The second kappa shape index (κ2) is 9.50. The molecule has 0 aromatic heterocycles. The summed E-state index contributed by atoms with van der Waals surface area (Å²) in [7, 11) is 0. The Balaban J connectivity index is 0.000000147. The van der Waals surface area contributed by atoms with Crippen LogP contribution in [-0.2, 0) is 0 Å². The Morgan fingerprint density at radius 3 is 0.526 bits per heavy atom. The summed E-state index contributed by atoms with van der Waals surface area (Å²) in [5, 5.41) is 5.25. The Morgan fingerprint density at radius 1 is 0.184 bits per heavy atom. The van der Waals surface area contributed by atoms with E-state index < -0.39 is 0 Å². The molecule has 7 aromatic rings. The van der Waals surface area contributed by atoms with Crippen LogP contribution in [0.3, 0.4) is 0 Å². The largest absolute Gasteiger partial charge is 0.0616 e. The summed E-state index contributed by atoms with van der Waals surface area (Å²) in [4.78, 5) is 0. The van der Waals surface area contributed by atoms with Crippen LogP contribution < -0.4 is 0 Å². The standard InChI is InChI=1S/C24H16.C14H10/c1-2-10-18-17(9-1)19-11-3-4-13-21(19)23-15-7-8-16-24(23)22-14-6-5-12-20(18)22;1-2-6-12-10-14-8-4-3-7-13(14)9-11(12)5-1/h1-16H;1-10H. The van der Waals surface area contributed by atoms with Gasteiger partial charge in [0.2, 0.25) is 0 Å². The first-order chi connectivity index (χ1) is 18.9. The van der Waals surface area contributed by atoms with Gasteiger partial charge in [0.1, 0.15) is 0 Å². The zero-order valence-corrected chi connectivity index (χ0v) is 21.0. The lowest BCUT2D eigenvalue weighted by Gasteiger charge is -2.22. The normalized spacial score (nSPS) is 11.2. The summed E-state index contributed by atoms with van der Waals surface area (Å²) in [6, 6.07) is 56.3. The molecule has 38 heavy (non-hydrogen) atoms. The SMILES string of the molecule is c1ccc2c(c1)-c1ccccc1-c1ccccc1-c1ccccc1-2.c1ccc2cc3ccccc3cc2c1. The fourth-order valence-corrected chi connectivity index (χ4v) is 5.69. The van der Waals surface area contributed by atoms with Crippen molar-refractivity contribution in [2.75, 3.05) is 0 Å². The average molecular weight is 483 g/mol. The van der Waals surface area contributed by atoms with Crippen LogP contribution in [0.25, 0.3) is 66.1 Å². The van der Waals surface area contributed by atoms with Crippen LogP contribution in [0.15, 0.2) is 158 Å². The van der Waals surface area contributed by atoms with Crippen LogP contribution in [0.1, 0.15) is 0 Å². The summed E-state index contributed by atoms with van der Waals surface area (Å²) >= 11 is 0. The van der Waals surface area contributed by atoms with Gasteiger partial charge < -0.3 is 0 Å². The van der Waals surface area contributed by atoms with Crippen LogP contribution in [0, 0.1) is 0 Å². The number of rotatable bonds is 0. The molecule has 0 bridgehead atoms. The molecule has 0 fully saturated rings. The van der Waals surface area contributed by atoms with Gasteiger partial charge in [0, 0.05) is 0 Å². The third kappa shape index (κ3) is 3.88. The van der Waals surface area contributed by atoms with E-state index in [2.05, 4.69) is 158 Å². The molecule has 0 atom stereocenters. The van der Waals surface area contributed by atoms with E-state index in [9.17, 15) is 0 Å². The molecule has 0 heteroatoms. The molecule has 0 nitrogen and oxygen atoms in total. The average Bonchev–Trinajstić information content (AvgIpc) is 3.00. The maximum Gasteiger partial charge on any atom is -0.00990 e. The number of fused-ring (bicyclic) bond motifs is 10. The molecule has 178 valence electrons. The van der Waals surface area contributed by atoms with Gasteiger partial charge in [-0.05, 0) is 78.2 Å². The first kappa shape index (κ1) is 22.3. The second-order valence-corrected chi connectivity index (χ2v) is 9.73. The lowest BCUT2D eigenvalue weighted by Crippen LogP contribution is -1.96. The molecule has 0 N–H and O–H groups in total. The summed E-state index contributed by atoms with van der Waals surface area (Å²) in [6.45, 7) is 0. The second-order valence-electron chi connectivity index (χ2n) is 9.73. The minimum Gasteiger partial charge on any atom is -0.0616 e. The van der Waals surface area contributed by atoms with Crippen molar-refractivity contribution in [3.63, 3.8) is 0 Å². The molecule has 0 saturated heterocycles. The van der Waals surface area contributed by atoms with Crippen molar-refractivity contribution in [2.24, 2.45) is 0 Å². The molecule has 0 heterocycles. The van der Waals surface area contributed by atoms with Gasteiger partial charge in [0.05, 0.1) is 0 Å². The third-order valence-corrected chi connectivity index (χ3v) is 7.48. The highest BCUT2D eigenvalue weighted by atomic mass is 14.2. The zero-order valence-electron chi connectivity index (χ0n) is 21.0. The summed E-state index contributed by atoms with van der Waals surface area (Å²) in [5.74, 6) is 0. The minimum absolute atomic E-state index is 1.30. The van der Waals surface area contributed by atoms with Crippen molar-refractivity contribution in [3.05, 3.63) is 158 Å². The molecule has 7 aromatic carbocycles. The lowest BCUT2D eigenvalue weighted by molar-refractivity contribution is 1.52. The number of hydrogen-bond donors (Lipinski definition) is 0. The molecule has 1 aliphatic rings. The quantitative estimate of drug-likeness (QED) is 0.189. The topological polar surface area (TPSA) is 0 Å². The predicted molar refractivity (Wildman–Crippen MR) is 163 cm³/mol. The molecular weight excluding hydrogens is 456 g/mol. The molecule has 0 unspecified atom stereocenters. The molecule has 0 aliphatic heterocycles. The predicted octanol–water partition coefficient (Wildman–Crippen LogP) is 10.7. The highest BCUT2D eigenvalue weighted by Gasteiger charge is 2.20. The smallest absolute Gasteiger partial charge is 0.00990 e. The van der Waals surface area contributed by atoms with E-state index in [1.165, 1.54) is 66.1 Å². The van der Waals surface area contributed by atoms with Gasteiger partial charge in [0.25, 0.3) is 0 Å². The van der Waals surface area contributed by atoms with Gasteiger partial charge in [-0.25, -0.2) is 0 Å². The minimum atomic E-state index is 1.30. The van der Waals surface area contributed by atoms with Crippen LogP contribution >= 0.6 is 0 Å². The van der Waals surface area contributed by atoms with E-state index in [0.717, 1.165) is 0 Å². The molecule has 0 saturated carbocycles. The van der Waals surface area contributed by atoms with Gasteiger partial charge in [-0.2, -0.15) is 0 Å². The maximum atomic E-state index is 2.24. The number of benzene rings is 7. The van der Waals surface area contributed by atoms with Crippen molar-refractivity contribution in [3.8, 4) is 44.5 Å². The molecule has 0 radical (unpaired) electrons. The summed E-state index contributed by atoms with van der Waals surface area (Å²) in [6.07, 6.45) is 0. The highest BCUT2D eigenvalue weighted by molar-refractivity contribution is 6.03. The van der Waals surface area contributed by atoms with E-state index in [1.807, 2.05) is 0 Å². The van der Waals surface area contributed by atoms with Crippen molar-refractivity contribution in [2.45, 2.75) is 0 Å². The molecule has 1 aliphatic carbocycles. The maximum absolute atomic E-state index is 2.24. The monoisotopic (exact) mass is 482 g/mol. The Hall–Kier alpha value is -4.94. The van der Waals surface area contributed by atoms with Crippen molar-refractivity contribution in [1.82, 2.24) is 0 Å². The van der Waals surface area contributed by atoms with Crippen molar-refractivity contribution < 1.29 is 0 Å². The Kier molecular flexibility index (Phi) is 5.57. The molecule has 8 rings (SSSR count). The van der Waals surface area contributed by atoms with E-state index in [4.69, 9.17) is 0 Å². The fraction of sp³-hybridized carbons (Fsp3) is 0. The zero-order chi connectivity index (χ0) is 25.3. The van der Waals surface area contributed by atoms with E-state index in [-0.39, 0.29) is 0 Å². The Labute approximate surface area is 223 Å². The van der Waals surface area contributed by atoms with Crippen LogP contribution in [0.5, 0.6) is 0 Å². The Bertz CT molecular complexity index is 1530. The van der Waals surface area contributed by atoms with Crippen LogP contribution in [-0.4, -0.2) is 0 Å². The van der Waals surface area contributed by atoms with E-state index >= 15 is 0 Å². The molecular formula is C38H26. The van der Waals surface area contributed by atoms with E-state index in [1.54, 1.807) is 0 Å². The molecule has 0 amide bonds. The number of hydrogen-bond acceptors (Lipinski definition) is 0. The van der Waals surface area contributed by atoms with Crippen LogP contribution in [0.4, 0.5) is 0 Å². The van der Waals surface area contributed by atoms with E-state index in [0.29, 0.717) is 0 Å². The van der Waals surface area contributed by atoms with Crippen LogP contribution in [0.2, 0.25) is 0 Å². The Morgan fingerprint density at radius 2 is 0.342 bits per heavy atom. The van der Waals surface area contributed by atoms with Gasteiger partial charge in [-0.15, -0.1) is 0 Å². The first-order valence-corrected chi connectivity index (χ1v) is 13.1. The van der Waals surface area contributed by atoms with Gasteiger partial charge >= 0.3 is 0 Å². The van der Waals surface area contributed by atoms with Gasteiger partial charge in [-0.3, -0.25) is 0 Å². The lowest BCUT2D eigenvalue weighted by atomic mass is 9.81. The first-order valence-electron chi connectivity index (χ1n) is 13.1. The van der Waals surface area contributed by atoms with Crippen molar-refractivity contribution in [1.29, 1.82) is 0 Å². The third-order valence-electron chi connectivity index (χ3n) is 7.48. The van der Waals surface area contributed by atoms with Gasteiger partial charge in [0.15, 0.2) is 0 Å². The highest BCUT2D eigenvalue weighted by Crippen LogP contribution is 2.47. The molecule has 0 spiro atoms. The summed E-state index contributed by atoms with van der Waals surface area (Å²) in [5.41, 5.74) is 10.4.